The number of rotatable bonds is 6. The monoisotopic (exact) mass is 274 g/mol. The molecule has 2 N–H and O–H groups in total. The summed E-state index contributed by atoms with van der Waals surface area (Å²) in [4.78, 5) is 12.0. The normalized spacial score (nSPS) is 11.9. The number of benzene rings is 1. The third-order valence-electron chi connectivity index (χ3n) is 2.95. The molecule has 0 aliphatic heterocycles. The summed E-state index contributed by atoms with van der Waals surface area (Å²) in [5, 5.41) is 12.8. The van der Waals surface area contributed by atoms with Crippen molar-refractivity contribution in [1.82, 2.24) is 20.7 Å². The van der Waals surface area contributed by atoms with E-state index in [2.05, 4.69) is 20.7 Å². The zero-order valence-electron chi connectivity index (χ0n) is 11.6. The molecule has 6 nitrogen and oxygen atoms in total. The van der Waals surface area contributed by atoms with Crippen LogP contribution in [-0.4, -0.2) is 27.9 Å². The first-order valence-corrected chi connectivity index (χ1v) is 6.64. The van der Waals surface area contributed by atoms with E-state index < -0.39 is 0 Å². The number of hydrogen-bond donors (Lipinski definition) is 2. The Bertz CT molecular complexity index is 537. The quantitative estimate of drug-likeness (QED) is 0.845. The van der Waals surface area contributed by atoms with Gasteiger partial charge in [0.05, 0.1) is 18.8 Å². The van der Waals surface area contributed by atoms with Crippen LogP contribution in [0.4, 0.5) is 0 Å². The van der Waals surface area contributed by atoms with E-state index in [1.165, 1.54) is 6.20 Å². The Balaban J connectivity index is 2.06. The van der Waals surface area contributed by atoms with Crippen molar-refractivity contribution < 1.29 is 9.53 Å². The van der Waals surface area contributed by atoms with Gasteiger partial charge in [-0.15, -0.1) is 0 Å². The molecule has 106 valence electrons. The summed E-state index contributed by atoms with van der Waals surface area (Å²) in [6.45, 7) is 4.60. The van der Waals surface area contributed by atoms with Gasteiger partial charge in [-0.25, -0.2) is 0 Å². The van der Waals surface area contributed by atoms with Gasteiger partial charge >= 0.3 is 0 Å². The van der Waals surface area contributed by atoms with Crippen LogP contribution in [0.2, 0.25) is 0 Å². The van der Waals surface area contributed by atoms with Crippen molar-refractivity contribution in [1.29, 1.82) is 0 Å². The average molecular weight is 274 g/mol. The van der Waals surface area contributed by atoms with Crippen molar-refractivity contribution in [3.8, 4) is 5.75 Å². The maximum absolute atomic E-state index is 12.0. The van der Waals surface area contributed by atoms with Gasteiger partial charge in [0, 0.05) is 0 Å². The van der Waals surface area contributed by atoms with Crippen molar-refractivity contribution in [2.75, 3.05) is 6.61 Å². The van der Waals surface area contributed by atoms with Gasteiger partial charge < -0.3 is 10.1 Å². The molecule has 0 radical (unpaired) electrons. The molecule has 0 fully saturated rings. The maximum atomic E-state index is 12.0. The summed E-state index contributed by atoms with van der Waals surface area (Å²) in [6, 6.07) is 7.67. The first kappa shape index (κ1) is 14.0. The number of ether oxygens (including phenoxy) is 1. The SMILES string of the molecule is CCOc1ccc(C(CC)NC(=O)c2cn[nH]n2)cc1. The first-order chi connectivity index (χ1) is 9.74. The Morgan fingerprint density at radius 3 is 2.65 bits per heavy atom. The van der Waals surface area contributed by atoms with Crippen LogP contribution in [0.5, 0.6) is 5.75 Å². The fourth-order valence-corrected chi connectivity index (χ4v) is 1.93. The maximum Gasteiger partial charge on any atom is 0.273 e. The third kappa shape index (κ3) is 3.34. The number of amides is 1. The predicted octanol–water partition coefficient (Wildman–Crippen LogP) is 2.08. The molecule has 0 saturated carbocycles. The van der Waals surface area contributed by atoms with Crippen LogP contribution in [0.1, 0.15) is 42.4 Å². The minimum absolute atomic E-state index is 0.0603. The highest BCUT2D eigenvalue weighted by atomic mass is 16.5. The fraction of sp³-hybridized carbons (Fsp3) is 0.357. The van der Waals surface area contributed by atoms with E-state index in [1.54, 1.807) is 0 Å². The van der Waals surface area contributed by atoms with Gasteiger partial charge in [0.2, 0.25) is 0 Å². The van der Waals surface area contributed by atoms with E-state index in [1.807, 2.05) is 38.1 Å². The summed E-state index contributed by atoms with van der Waals surface area (Å²) < 4.78 is 5.40. The Morgan fingerprint density at radius 2 is 2.10 bits per heavy atom. The number of aromatic nitrogens is 3. The van der Waals surface area contributed by atoms with Crippen LogP contribution in [0.3, 0.4) is 0 Å². The number of nitrogens with one attached hydrogen (secondary N) is 2. The molecule has 0 aliphatic rings. The third-order valence-corrected chi connectivity index (χ3v) is 2.95. The second-order valence-corrected chi connectivity index (χ2v) is 4.29. The molecule has 1 atom stereocenters. The lowest BCUT2D eigenvalue weighted by molar-refractivity contribution is 0.0930. The topological polar surface area (TPSA) is 79.9 Å². The average Bonchev–Trinajstić information content (AvgIpc) is 3.00. The van der Waals surface area contributed by atoms with Gasteiger partial charge in [0.25, 0.3) is 5.91 Å². The van der Waals surface area contributed by atoms with Gasteiger partial charge in [0.15, 0.2) is 5.69 Å². The second kappa shape index (κ2) is 6.70. The number of nitrogens with zero attached hydrogens (tertiary/aromatic N) is 2. The second-order valence-electron chi connectivity index (χ2n) is 4.29. The van der Waals surface area contributed by atoms with Crippen LogP contribution in [0, 0.1) is 0 Å². The molecule has 1 amide bonds. The highest BCUT2D eigenvalue weighted by Gasteiger charge is 2.15. The summed E-state index contributed by atoms with van der Waals surface area (Å²) in [5.41, 5.74) is 1.32. The molecule has 2 aromatic rings. The Morgan fingerprint density at radius 1 is 1.35 bits per heavy atom. The van der Waals surface area contributed by atoms with Crippen LogP contribution < -0.4 is 10.1 Å². The Labute approximate surface area is 117 Å². The van der Waals surface area contributed by atoms with Crippen molar-refractivity contribution in [3.05, 3.63) is 41.7 Å². The van der Waals surface area contributed by atoms with Crippen LogP contribution >= 0.6 is 0 Å². The van der Waals surface area contributed by atoms with E-state index in [9.17, 15) is 4.79 Å². The largest absolute Gasteiger partial charge is 0.494 e. The van der Waals surface area contributed by atoms with E-state index in [4.69, 9.17) is 4.74 Å². The predicted molar refractivity (Wildman–Crippen MR) is 74.5 cm³/mol. The molecule has 0 saturated heterocycles. The summed E-state index contributed by atoms with van der Waals surface area (Å²) in [5.74, 6) is 0.591. The molecule has 0 bridgehead atoms. The number of hydrogen-bond acceptors (Lipinski definition) is 4. The molecule has 0 aliphatic carbocycles. The standard InChI is InChI=1S/C14H18N4O2/c1-3-12(16-14(19)13-9-15-18-17-13)10-5-7-11(8-6-10)20-4-2/h5-9,12H,3-4H2,1-2H3,(H,16,19)(H,15,17,18). The van der Waals surface area contributed by atoms with Gasteiger partial charge in [-0.05, 0) is 31.0 Å². The van der Waals surface area contributed by atoms with Crippen molar-refractivity contribution >= 4 is 5.91 Å². The minimum atomic E-state index is -0.237. The van der Waals surface area contributed by atoms with Crippen molar-refractivity contribution in [2.24, 2.45) is 0 Å². The van der Waals surface area contributed by atoms with E-state index in [0.717, 1.165) is 17.7 Å². The van der Waals surface area contributed by atoms with Crippen LogP contribution in [0.25, 0.3) is 0 Å². The first-order valence-electron chi connectivity index (χ1n) is 6.64. The Kier molecular flexibility index (Phi) is 4.70. The van der Waals surface area contributed by atoms with Crippen LogP contribution in [-0.2, 0) is 0 Å². The molecule has 1 heterocycles. The zero-order valence-corrected chi connectivity index (χ0v) is 11.6. The van der Waals surface area contributed by atoms with Gasteiger partial charge in [-0.1, -0.05) is 19.1 Å². The zero-order chi connectivity index (χ0) is 14.4. The highest BCUT2D eigenvalue weighted by molar-refractivity contribution is 5.92. The molecule has 1 unspecified atom stereocenters. The fourth-order valence-electron chi connectivity index (χ4n) is 1.93. The number of aromatic amines is 1. The summed E-state index contributed by atoms with van der Waals surface area (Å²) >= 11 is 0. The van der Waals surface area contributed by atoms with E-state index in [-0.39, 0.29) is 17.6 Å². The van der Waals surface area contributed by atoms with Gasteiger partial charge in [-0.2, -0.15) is 15.4 Å². The van der Waals surface area contributed by atoms with E-state index in [0.29, 0.717) is 6.61 Å². The molecule has 1 aromatic heterocycles. The summed E-state index contributed by atoms with van der Waals surface area (Å²) in [6.07, 6.45) is 2.19. The number of carbonyl (C=O) groups is 1. The van der Waals surface area contributed by atoms with Crippen LogP contribution in [0.15, 0.2) is 30.5 Å². The van der Waals surface area contributed by atoms with Gasteiger partial charge in [0.1, 0.15) is 5.75 Å². The molecule has 1 aromatic carbocycles. The van der Waals surface area contributed by atoms with Crippen molar-refractivity contribution in [3.63, 3.8) is 0 Å². The lowest BCUT2D eigenvalue weighted by Gasteiger charge is -2.17. The molecule has 2 rings (SSSR count). The smallest absolute Gasteiger partial charge is 0.273 e. The Hall–Kier alpha value is -2.37. The highest BCUT2D eigenvalue weighted by Crippen LogP contribution is 2.20. The number of H-pyrrole nitrogens is 1. The summed E-state index contributed by atoms with van der Waals surface area (Å²) in [7, 11) is 0. The molecule has 0 spiro atoms. The minimum Gasteiger partial charge on any atom is -0.494 e. The number of carbonyl (C=O) groups excluding carboxylic acids is 1. The lowest BCUT2D eigenvalue weighted by atomic mass is 10.0. The lowest BCUT2D eigenvalue weighted by Crippen LogP contribution is -2.28. The molecule has 6 heteroatoms. The van der Waals surface area contributed by atoms with Crippen molar-refractivity contribution in [2.45, 2.75) is 26.3 Å². The van der Waals surface area contributed by atoms with E-state index >= 15 is 0 Å². The molecular weight excluding hydrogens is 256 g/mol. The van der Waals surface area contributed by atoms with Gasteiger partial charge in [-0.3, -0.25) is 4.79 Å². The molecular formula is C14H18N4O2. The molecule has 20 heavy (non-hydrogen) atoms.